The molecule has 0 aromatic rings. The van der Waals surface area contributed by atoms with Crippen LogP contribution in [-0.4, -0.2) is 51.2 Å². The molecule has 0 spiro atoms. The highest BCUT2D eigenvalue weighted by Crippen LogP contribution is 2.20. The molecule has 1 aliphatic rings. The zero-order valence-electron chi connectivity index (χ0n) is 11.2. The number of hydrogen-bond donors (Lipinski definition) is 1. The maximum Gasteiger partial charge on any atom is 0.222 e. The van der Waals surface area contributed by atoms with E-state index in [0.717, 1.165) is 44.8 Å². The fourth-order valence-electron chi connectivity index (χ4n) is 2.35. The first-order valence-corrected chi connectivity index (χ1v) is 6.69. The smallest absolute Gasteiger partial charge is 0.222 e. The molecule has 4 nitrogen and oxygen atoms in total. The van der Waals surface area contributed by atoms with E-state index >= 15 is 0 Å². The van der Waals surface area contributed by atoms with E-state index in [1.54, 1.807) is 7.11 Å². The van der Waals surface area contributed by atoms with Crippen LogP contribution in [0.4, 0.5) is 0 Å². The molecule has 1 N–H and O–H groups in total. The van der Waals surface area contributed by atoms with E-state index in [4.69, 9.17) is 4.74 Å². The molecule has 1 rings (SSSR count). The second kappa shape index (κ2) is 8.48. The standard InChI is InChI=1S/C13H26N2O2/c1-14-8-5-12-6-9-15(10-7-12)13(16)4-3-11-17-2/h12,14H,3-11H2,1-2H3. The summed E-state index contributed by atoms with van der Waals surface area (Å²) in [6.45, 7) is 3.66. The number of piperidine rings is 1. The molecule has 0 aliphatic carbocycles. The zero-order valence-corrected chi connectivity index (χ0v) is 11.2. The number of carbonyl (C=O) groups excluding carboxylic acids is 1. The summed E-state index contributed by atoms with van der Waals surface area (Å²) in [5.74, 6) is 1.10. The Morgan fingerprint density at radius 3 is 2.71 bits per heavy atom. The molecule has 1 saturated heterocycles. The van der Waals surface area contributed by atoms with Crippen molar-refractivity contribution in [2.24, 2.45) is 5.92 Å². The molecule has 1 heterocycles. The highest BCUT2D eigenvalue weighted by molar-refractivity contribution is 5.76. The number of nitrogens with one attached hydrogen (secondary N) is 1. The van der Waals surface area contributed by atoms with Crippen molar-refractivity contribution in [3.8, 4) is 0 Å². The van der Waals surface area contributed by atoms with Gasteiger partial charge in [-0.1, -0.05) is 0 Å². The molecule has 1 fully saturated rings. The van der Waals surface area contributed by atoms with Gasteiger partial charge in [-0.05, 0) is 45.2 Å². The van der Waals surface area contributed by atoms with Crippen LogP contribution in [0.1, 0.15) is 32.1 Å². The van der Waals surface area contributed by atoms with Crippen LogP contribution >= 0.6 is 0 Å². The van der Waals surface area contributed by atoms with E-state index in [0.29, 0.717) is 18.9 Å². The Balaban J connectivity index is 2.15. The molecule has 0 bridgehead atoms. The number of nitrogens with zero attached hydrogens (tertiary/aromatic N) is 1. The van der Waals surface area contributed by atoms with Gasteiger partial charge in [0.25, 0.3) is 0 Å². The highest BCUT2D eigenvalue weighted by Gasteiger charge is 2.21. The maximum absolute atomic E-state index is 11.9. The average molecular weight is 242 g/mol. The van der Waals surface area contributed by atoms with Gasteiger partial charge in [0.05, 0.1) is 0 Å². The van der Waals surface area contributed by atoms with Crippen LogP contribution in [0.25, 0.3) is 0 Å². The van der Waals surface area contributed by atoms with Gasteiger partial charge in [-0.15, -0.1) is 0 Å². The van der Waals surface area contributed by atoms with Crippen molar-refractivity contribution in [3.05, 3.63) is 0 Å². The lowest BCUT2D eigenvalue weighted by Crippen LogP contribution is -2.38. The molecular formula is C13H26N2O2. The van der Waals surface area contributed by atoms with Crippen LogP contribution in [-0.2, 0) is 9.53 Å². The van der Waals surface area contributed by atoms with Crippen LogP contribution < -0.4 is 5.32 Å². The van der Waals surface area contributed by atoms with Crippen molar-refractivity contribution in [3.63, 3.8) is 0 Å². The maximum atomic E-state index is 11.9. The van der Waals surface area contributed by atoms with Crippen LogP contribution in [0.15, 0.2) is 0 Å². The number of carbonyl (C=O) groups is 1. The number of methoxy groups -OCH3 is 1. The fraction of sp³-hybridized carbons (Fsp3) is 0.923. The molecule has 17 heavy (non-hydrogen) atoms. The Bertz CT molecular complexity index is 213. The number of ether oxygens (including phenoxy) is 1. The third kappa shape index (κ3) is 5.50. The topological polar surface area (TPSA) is 41.6 Å². The first-order chi connectivity index (χ1) is 8.27. The van der Waals surface area contributed by atoms with Crippen LogP contribution in [0.5, 0.6) is 0 Å². The Labute approximate surface area is 105 Å². The second-order valence-corrected chi connectivity index (χ2v) is 4.81. The van der Waals surface area contributed by atoms with Gasteiger partial charge in [0, 0.05) is 33.2 Å². The van der Waals surface area contributed by atoms with E-state index in [-0.39, 0.29) is 0 Å². The minimum Gasteiger partial charge on any atom is -0.385 e. The van der Waals surface area contributed by atoms with E-state index in [1.807, 2.05) is 11.9 Å². The third-order valence-corrected chi connectivity index (χ3v) is 3.51. The first-order valence-electron chi connectivity index (χ1n) is 6.69. The lowest BCUT2D eigenvalue weighted by molar-refractivity contribution is -0.132. The van der Waals surface area contributed by atoms with Gasteiger partial charge in [-0.25, -0.2) is 0 Å². The molecule has 1 amide bonds. The van der Waals surface area contributed by atoms with E-state index in [9.17, 15) is 4.79 Å². The van der Waals surface area contributed by atoms with Crippen LogP contribution in [0, 0.1) is 5.92 Å². The van der Waals surface area contributed by atoms with Gasteiger partial charge >= 0.3 is 0 Å². The first kappa shape index (κ1) is 14.5. The monoisotopic (exact) mass is 242 g/mol. The minimum absolute atomic E-state index is 0.300. The highest BCUT2D eigenvalue weighted by atomic mass is 16.5. The third-order valence-electron chi connectivity index (χ3n) is 3.51. The van der Waals surface area contributed by atoms with Crippen LogP contribution in [0.3, 0.4) is 0 Å². The summed E-state index contributed by atoms with van der Waals surface area (Å²) in [5, 5.41) is 3.19. The molecular weight excluding hydrogens is 216 g/mol. The molecule has 0 saturated carbocycles. The Morgan fingerprint density at radius 1 is 1.41 bits per heavy atom. The molecule has 100 valence electrons. The van der Waals surface area contributed by atoms with Gasteiger partial charge in [0.15, 0.2) is 0 Å². The van der Waals surface area contributed by atoms with Crippen molar-refractivity contribution in [2.45, 2.75) is 32.1 Å². The SMILES string of the molecule is CNCCC1CCN(C(=O)CCCOC)CC1. The molecule has 0 aromatic carbocycles. The number of hydrogen-bond acceptors (Lipinski definition) is 3. The fourth-order valence-corrected chi connectivity index (χ4v) is 2.35. The van der Waals surface area contributed by atoms with E-state index < -0.39 is 0 Å². The summed E-state index contributed by atoms with van der Waals surface area (Å²) in [5.41, 5.74) is 0. The van der Waals surface area contributed by atoms with Gasteiger partial charge in [-0.2, -0.15) is 0 Å². The molecule has 0 atom stereocenters. The Morgan fingerprint density at radius 2 is 2.12 bits per heavy atom. The zero-order chi connectivity index (χ0) is 12.5. The average Bonchev–Trinajstić information content (AvgIpc) is 2.37. The van der Waals surface area contributed by atoms with Gasteiger partial charge in [-0.3, -0.25) is 4.79 Å². The molecule has 1 aliphatic heterocycles. The van der Waals surface area contributed by atoms with Crippen molar-refractivity contribution >= 4 is 5.91 Å². The summed E-state index contributed by atoms with van der Waals surface area (Å²) in [6.07, 6.45) is 5.04. The normalized spacial score (nSPS) is 17.4. The van der Waals surface area contributed by atoms with Crippen molar-refractivity contribution < 1.29 is 9.53 Å². The number of likely N-dealkylation sites (tertiary alicyclic amines) is 1. The lowest BCUT2D eigenvalue weighted by Gasteiger charge is -2.32. The van der Waals surface area contributed by atoms with Crippen molar-refractivity contribution in [2.75, 3.05) is 40.4 Å². The second-order valence-electron chi connectivity index (χ2n) is 4.81. The van der Waals surface area contributed by atoms with Gasteiger partial charge in [0.2, 0.25) is 5.91 Å². The Kier molecular flexibility index (Phi) is 7.21. The predicted molar refractivity (Wildman–Crippen MR) is 69.0 cm³/mol. The quantitative estimate of drug-likeness (QED) is 0.683. The van der Waals surface area contributed by atoms with Crippen LogP contribution in [0.2, 0.25) is 0 Å². The van der Waals surface area contributed by atoms with E-state index in [1.165, 1.54) is 6.42 Å². The summed E-state index contributed by atoms with van der Waals surface area (Å²) in [6, 6.07) is 0. The molecule has 0 aromatic heterocycles. The summed E-state index contributed by atoms with van der Waals surface area (Å²) in [4.78, 5) is 13.9. The predicted octanol–water partition coefficient (Wildman–Crippen LogP) is 1.26. The summed E-state index contributed by atoms with van der Waals surface area (Å²) < 4.78 is 4.96. The van der Waals surface area contributed by atoms with E-state index in [2.05, 4.69) is 5.32 Å². The van der Waals surface area contributed by atoms with Gasteiger partial charge < -0.3 is 15.0 Å². The molecule has 4 heteroatoms. The molecule has 0 unspecified atom stereocenters. The number of amides is 1. The summed E-state index contributed by atoms with van der Waals surface area (Å²) >= 11 is 0. The number of rotatable bonds is 7. The largest absolute Gasteiger partial charge is 0.385 e. The minimum atomic E-state index is 0.300. The molecule has 0 radical (unpaired) electrons. The lowest BCUT2D eigenvalue weighted by atomic mass is 9.93. The summed E-state index contributed by atoms with van der Waals surface area (Å²) in [7, 11) is 3.67. The Hall–Kier alpha value is -0.610. The van der Waals surface area contributed by atoms with Crippen molar-refractivity contribution in [1.82, 2.24) is 10.2 Å². The van der Waals surface area contributed by atoms with Gasteiger partial charge in [0.1, 0.15) is 0 Å². The van der Waals surface area contributed by atoms with Crippen molar-refractivity contribution in [1.29, 1.82) is 0 Å².